The number of anilines is 1. The lowest BCUT2D eigenvalue weighted by Gasteiger charge is -2.08. The fraction of sp³-hybridized carbons (Fsp3) is 0.0833. The van der Waals surface area contributed by atoms with Crippen molar-refractivity contribution in [3.05, 3.63) is 47.2 Å². The van der Waals surface area contributed by atoms with Crippen molar-refractivity contribution in [1.29, 1.82) is 0 Å². The molecule has 4 nitrogen and oxygen atoms in total. The molecule has 3 aromatic rings. The van der Waals surface area contributed by atoms with Crippen LogP contribution in [-0.2, 0) is 6.54 Å². The minimum absolute atomic E-state index is 0.608. The molecule has 0 unspecified atom stereocenters. The molecule has 0 aliphatic rings. The Kier molecular flexibility index (Phi) is 3.08. The molecule has 3 rings (SSSR count). The quantitative estimate of drug-likeness (QED) is 0.797. The molecule has 0 amide bonds. The van der Waals surface area contributed by atoms with E-state index in [4.69, 9.17) is 11.6 Å². The Morgan fingerprint density at radius 1 is 1.17 bits per heavy atom. The van der Waals surface area contributed by atoms with Crippen molar-refractivity contribution < 1.29 is 0 Å². The van der Waals surface area contributed by atoms with E-state index in [0.29, 0.717) is 11.6 Å². The highest BCUT2D eigenvalue weighted by Crippen LogP contribution is 2.30. The van der Waals surface area contributed by atoms with Gasteiger partial charge in [0.25, 0.3) is 0 Å². The third-order valence-electron chi connectivity index (χ3n) is 2.55. The molecule has 2 aromatic heterocycles. The zero-order valence-corrected chi connectivity index (χ0v) is 10.9. The largest absolute Gasteiger partial charge is 0.376 e. The standard InChI is InChI=1S/C12H9ClN4S/c13-9-4-5-10-12(17-18-16-10)11(9)15-7-8-3-1-2-6-14-8/h1-6,15H,7H2. The number of halogens is 1. The number of rotatable bonds is 3. The topological polar surface area (TPSA) is 50.7 Å². The van der Waals surface area contributed by atoms with Crippen molar-refractivity contribution in [1.82, 2.24) is 13.7 Å². The van der Waals surface area contributed by atoms with Gasteiger partial charge in [-0.15, -0.1) is 0 Å². The second-order valence-corrected chi connectivity index (χ2v) is 4.66. The van der Waals surface area contributed by atoms with Crippen LogP contribution in [0.15, 0.2) is 36.5 Å². The van der Waals surface area contributed by atoms with Crippen LogP contribution in [0.25, 0.3) is 11.0 Å². The van der Waals surface area contributed by atoms with Crippen molar-refractivity contribution in [2.75, 3.05) is 5.32 Å². The highest BCUT2D eigenvalue weighted by atomic mass is 35.5. The first kappa shape index (κ1) is 11.4. The van der Waals surface area contributed by atoms with E-state index in [1.54, 1.807) is 6.20 Å². The first-order chi connectivity index (χ1) is 8.84. The van der Waals surface area contributed by atoms with Crippen LogP contribution in [0.5, 0.6) is 0 Å². The second-order valence-electron chi connectivity index (χ2n) is 3.73. The Labute approximate surface area is 113 Å². The van der Waals surface area contributed by atoms with Gasteiger partial charge in [0, 0.05) is 6.20 Å². The van der Waals surface area contributed by atoms with Crippen LogP contribution in [0.4, 0.5) is 5.69 Å². The molecular formula is C12H9ClN4S. The minimum atomic E-state index is 0.608. The number of hydrogen-bond donors (Lipinski definition) is 1. The van der Waals surface area contributed by atoms with Gasteiger partial charge in [0.05, 0.1) is 34.7 Å². The van der Waals surface area contributed by atoms with E-state index in [1.807, 2.05) is 30.3 Å². The fourth-order valence-electron chi connectivity index (χ4n) is 1.68. The van der Waals surface area contributed by atoms with E-state index in [-0.39, 0.29) is 0 Å². The van der Waals surface area contributed by atoms with Gasteiger partial charge in [-0.25, -0.2) is 0 Å². The second kappa shape index (κ2) is 4.88. The van der Waals surface area contributed by atoms with Crippen molar-refractivity contribution in [3.63, 3.8) is 0 Å². The van der Waals surface area contributed by atoms with Crippen LogP contribution < -0.4 is 5.32 Å². The summed E-state index contributed by atoms with van der Waals surface area (Å²) in [4.78, 5) is 4.25. The first-order valence-corrected chi connectivity index (χ1v) is 6.50. The monoisotopic (exact) mass is 276 g/mol. The molecule has 2 heterocycles. The lowest BCUT2D eigenvalue weighted by molar-refractivity contribution is 1.05. The van der Waals surface area contributed by atoms with E-state index in [2.05, 4.69) is 19.0 Å². The average molecular weight is 277 g/mol. The molecule has 6 heteroatoms. The number of nitrogens with zero attached hydrogens (tertiary/aromatic N) is 3. The molecule has 0 aliphatic carbocycles. The van der Waals surface area contributed by atoms with Crippen molar-refractivity contribution in [2.24, 2.45) is 0 Å². The van der Waals surface area contributed by atoms with Crippen LogP contribution in [-0.4, -0.2) is 13.7 Å². The Balaban J connectivity index is 1.90. The van der Waals surface area contributed by atoms with Gasteiger partial charge in [-0.2, -0.15) is 8.75 Å². The molecule has 90 valence electrons. The van der Waals surface area contributed by atoms with Crippen molar-refractivity contribution in [2.45, 2.75) is 6.54 Å². The van der Waals surface area contributed by atoms with Crippen molar-refractivity contribution in [3.8, 4) is 0 Å². The van der Waals surface area contributed by atoms with E-state index < -0.39 is 0 Å². The summed E-state index contributed by atoms with van der Waals surface area (Å²) in [5.41, 5.74) is 3.43. The number of pyridine rings is 1. The van der Waals surface area contributed by atoms with Gasteiger partial charge in [0.2, 0.25) is 0 Å². The highest BCUT2D eigenvalue weighted by Gasteiger charge is 2.09. The van der Waals surface area contributed by atoms with Gasteiger partial charge in [-0.05, 0) is 24.3 Å². The Morgan fingerprint density at radius 2 is 2.11 bits per heavy atom. The van der Waals surface area contributed by atoms with Gasteiger partial charge >= 0.3 is 0 Å². The Bertz CT molecular complexity index is 668. The molecule has 1 aromatic carbocycles. The maximum atomic E-state index is 6.18. The van der Waals surface area contributed by atoms with Crippen molar-refractivity contribution >= 4 is 40.0 Å². The molecule has 0 fully saturated rings. The maximum absolute atomic E-state index is 6.18. The zero-order valence-electron chi connectivity index (χ0n) is 9.30. The molecule has 0 spiro atoms. The Hall–Kier alpha value is -1.72. The van der Waals surface area contributed by atoms with Crippen LogP contribution in [0.2, 0.25) is 5.02 Å². The van der Waals surface area contributed by atoms with Gasteiger partial charge in [-0.1, -0.05) is 17.7 Å². The molecule has 0 radical (unpaired) electrons. The normalized spacial score (nSPS) is 10.7. The van der Waals surface area contributed by atoms with Crippen LogP contribution in [0.3, 0.4) is 0 Å². The van der Waals surface area contributed by atoms with E-state index in [9.17, 15) is 0 Å². The third-order valence-corrected chi connectivity index (χ3v) is 3.41. The van der Waals surface area contributed by atoms with E-state index >= 15 is 0 Å². The maximum Gasteiger partial charge on any atom is 0.129 e. The number of hydrogen-bond acceptors (Lipinski definition) is 5. The molecule has 0 saturated carbocycles. The van der Waals surface area contributed by atoms with Gasteiger partial charge in [0.1, 0.15) is 11.0 Å². The molecule has 0 aliphatic heterocycles. The third kappa shape index (κ3) is 2.14. The predicted molar refractivity (Wildman–Crippen MR) is 74.0 cm³/mol. The van der Waals surface area contributed by atoms with E-state index in [1.165, 1.54) is 11.7 Å². The molecule has 1 N–H and O–H groups in total. The predicted octanol–water partition coefficient (Wildman–Crippen LogP) is 3.35. The summed E-state index contributed by atoms with van der Waals surface area (Å²) >= 11 is 7.36. The average Bonchev–Trinajstić information content (AvgIpc) is 2.87. The van der Waals surface area contributed by atoms with Gasteiger partial charge in [0.15, 0.2) is 0 Å². The van der Waals surface area contributed by atoms with Crippen LogP contribution >= 0.6 is 23.3 Å². The summed E-state index contributed by atoms with van der Waals surface area (Å²) in [6, 6.07) is 9.50. The number of benzene rings is 1. The van der Waals surface area contributed by atoms with Crippen LogP contribution in [0, 0.1) is 0 Å². The number of aromatic nitrogens is 3. The smallest absolute Gasteiger partial charge is 0.129 e. The zero-order chi connectivity index (χ0) is 12.4. The lowest BCUT2D eigenvalue weighted by Crippen LogP contribution is -2.02. The SMILES string of the molecule is Clc1ccc2nsnc2c1NCc1ccccn1. The fourth-order valence-corrected chi connectivity index (χ4v) is 2.44. The highest BCUT2D eigenvalue weighted by molar-refractivity contribution is 7.00. The molecule has 0 saturated heterocycles. The summed E-state index contributed by atoms with van der Waals surface area (Å²) in [5, 5.41) is 3.91. The summed E-state index contributed by atoms with van der Waals surface area (Å²) in [6.45, 7) is 0.608. The molecule has 0 atom stereocenters. The van der Waals surface area contributed by atoms with Crippen LogP contribution in [0.1, 0.15) is 5.69 Å². The van der Waals surface area contributed by atoms with Gasteiger partial charge < -0.3 is 5.32 Å². The molecule has 0 bridgehead atoms. The number of nitrogens with one attached hydrogen (secondary N) is 1. The summed E-state index contributed by atoms with van der Waals surface area (Å²) < 4.78 is 8.45. The summed E-state index contributed by atoms with van der Waals surface area (Å²) in [7, 11) is 0. The lowest BCUT2D eigenvalue weighted by atomic mass is 10.2. The number of fused-ring (bicyclic) bond motifs is 1. The summed E-state index contributed by atoms with van der Waals surface area (Å²) in [5.74, 6) is 0. The first-order valence-electron chi connectivity index (χ1n) is 5.39. The van der Waals surface area contributed by atoms with E-state index in [0.717, 1.165) is 22.4 Å². The molecular weight excluding hydrogens is 268 g/mol. The summed E-state index contributed by atoms with van der Waals surface area (Å²) in [6.07, 6.45) is 1.77. The minimum Gasteiger partial charge on any atom is -0.376 e. The van der Waals surface area contributed by atoms with Gasteiger partial charge in [-0.3, -0.25) is 4.98 Å². The molecule has 18 heavy (non-hydrogen) atoms. The Morgan fingerprint density at radius 3 is 2.94 bits per heavy atom.